The lowest BCUT2D eigenvalue weighted by atomic mass is 9.91. The van der Waals surface area contributed by atoms with Gasteiger partial charge in [-0.25, -0.2) is 14.8 Å². The first kappa shape index (κ1) is 27.1. The number of carbonyl (C=O) groups is 1. The Morgan fingerprint density at radius 1 is 1.14 bits per heavy atom. The number of benzene rings is 1. The Bertz CT molecular complexity index is 1270. The van der Waals surface area contributed by atoms with E-state index in [4.69, 9.17) is 16.3 Å². The number of piperidine rings is 1. The Morgan fingerprint density at radius 2 is 1.84 bits per heavy atom. The number of aromatic nitrogens is 3. The van der Waals surface area contributed by atoms with Gasteiger partial charge in [-0.2, -0.15) is 0 Å². The molecule has 8 nitrogen and oxygen atoms in total. The zero-order chi connectivity index (χ0) is 27.0. The van der Waals surface area contributed by atoms with Crippen molar-refractivity contribution < 1.29 is 14.6 Å². The molecule has 1 saturated heterocycles. The minimum absolute atomic E-state index is 0.0615. The van der Waals surface area contributed by atoms with E-state index < -0.39 is 11.2 Å². The number of pyridine rings is 1. The Hall–Kier alpha value is -2.97. The molecule has 3 heterocycles. The summed E-state index contributed by atoms with van der Waals surface area (Å²) >= 11 is 6.65. The number of ether oxygens (including phenoxy) is 1. The summed E-state index contributed by atoms with van der Waals surface area (Å²) in [6, 6.07) is 6.01. The van der Waals surface area contributed by atoms with E-state index in [1.807, 2.05) is 39.0 Å². The first-order valence-corrected chi connectivity index (χ1v) is 13.1. The molecule has 3 aromatic rings. The van der Waals surface area contributed by atoms with Gasteiger partial charge in [-0.15, -0.1) is 0 Å². The zero-order valence-electron chi connectivity index (χ0n) is 22.4. The first-order chi connectivity index (χ1) is 17.3. The fraction of sp³-hybridized carbons (Fsp3) is 0.500. The number of nitrogens with one attached hydrogen (secondary N) is 1. The molecular formula is C28H36ClN5O3. The lowest BCUT2D eigenvalue weighted by molar-refractivity contribution is 0.0159. The van der Waals surface area contributed by atoms with Gasteiger partial charge in [-0.05, 0) is 78.0 Å². The molecule has 1 aliphatic rings. The van der Waals surface area contributed by atoms with Crippen molar-refractivity contribution in [2.75, 3.05) is 18.4 Å². The molecule has 9 heteroatoms. The van der Waals surface area contributed by atoms with Gasteiger partial charge in [0, 0.05) is 48.7 Å². The minimum Gasteiger partial charge on any atom is -0.444 e. The van der Waals surface area contributed by atoms with Crippen molar-refractivity contribution in [2.45, 2.75) is 71.6 Å². The van der Waals surface area contributed by atoms with Crippen LogP contribution in [0.1, 0.15) is 60.2 Å². The van der Waals surface area contributed by atoms with Gasteiger partial charge in [0.1, 0.15) is 11.2 Å². The lowest BCUT2D eigenvalue weighted by Crippen LogP contribution is -2.46. The molecule has 1 aromatic carbocycles. The molecule has 0 aliphatic carbocycles. The van der Waals surface area contributed by atoms with Gasteiger partial charge in [0.25, 0.3) is 0 Å². The Labute approximate surface area is 223 Å². The number of amides is 1. The summed E-state index contributed by atoms with van der Waals surface area (Å²) in [6.07, 6.45) is 6.74. The Balaban J connectivity index is 1.57. The van der Waals surface area contributed by atoms with Crippen LogP contribution in [0, 0.1) is 5.92 Å². The summed E-state index contributed by atoms with van der Waals surface area (Å²) in [4.78, 5) is 27.6. The molecule has 1 fully saturated rings. The second-order valence-electron chi connectivity index (χ2n) is 11.3. The summed E-state index contributed by atoms with van der Waals surface area (Å²) in [7, 11) is 0. The maximum absolute atomic E-state index is 12.6. The summed E-state index contributed by atoms with van der Waals surface area (Å²) in [5.41, 5.74) is 1.75. The largest absolute Gasteiger partial charge is 0.444 e. The zero-order valence-corrected chi connectivity index (χ0v) is 23.1. The van der Waals surface area contributed by atoms with E-state index in [-0.39, 0.29) is 18.1 Å². The summed E-state index contributed by atoms with van der Waals surface area (Å²) in [6.45, 7) is 12.4. The van der Waals surface area contributed by atoms with Crippen molar-refractivity contribution in [2.24, 2.45) is 5.92 Å². The average Bonchev–Trinajstić information content (AvgIpc) is 2.84. The number of anilines is 1. The van der Waals surface area contributed by atoms with Crippen LogP contribution in [0.5, 0.6) is 0 Å². The van der Waals surface area contributed by atoms with Crippen LogP contribution in [0.25, 0.3) is 22.0 Å². The number of hydrogen-bond donors (Lipinski definition) is 2. The molecule has 1 amide bonds. The van der Waals surface area contributed by atoms with E-state index in [2.05, 4.69) is 27.2 Å². The van der Waals surface area contributed by atoms with Crippen LogP contribution < -0.4 is 5.32 Å². The number of rotatable bonds is 5. The SMILES string of the molecule is CC(Nc1c(Cl)cnc2ccc(-c3cnc(C(C)(C)O)nc3)cc12)C1CCCN(C(=O)OC(C)(C)C)C1. The predicted molar refractivity (Wildman–Crippen MR) is 147 cm³/mol. The topological polar surface area (TPSA) is 100 Å². The molecule has 37 heavy (non-hydrogen) atoms. The fourth-order valence-electron chi connectivity index (χ4n) is 4.54. The van der Waals surface area contributed by atoms with E-state index in [0.717, 1.165) is 40.6 Å². The van der Waals surface area contributed by atoms with Gasteiger partial charge in [-0.3, -0.25) is 4.98 Å². The molecule has 2 atom stereocenters. The minimum atomic E-state index is -1.11. The number of fused-ring (bicyclic) bond motifs is 1. The van der Waals surface area contributed by atoms with Gasteiger partial charge < -0.3 is 20.1 Å². The van der Waals surface area contributed by atoms with Gasteiger partial charge in [0.05, 0.1) is 16.2 Å². The average molecular weight is 526 g/mol. The number of likely N-dealkylation sites (tertiary alicyclic amines) is 1. The molecule has 1 aliphatic heterocycles. The summed E-state index contributed by atoms with van der Waals surface area (Å²) in [5, 5.41) is 15.2. The molecule has 2 N–H and O–H groups in total. The van der Waals surface area contributed by atoms with Crippen LogP contribution >= 0.6 is 11.6 Å². The van der Waals surface area contributed by atoms with Gasteiger partial charge in [-0.1, -0.05) is 17.7 Å². The van der Waals surface area contributed by atoms with Crippen LogP contribution in [0.2, 0.25) is 5.02 Å². The number of nitrogens with zero attached hydrogens (tertiary/aromatic N) is 4. The normalized spacial score (nSPS) is 17.5. The highest BCUT2D eigenvalue weighted by Gasteiger charge is 2.30. The standard InChI is InChI=1S/C28H36ClN5O3/c1-17(19-8-7-11-34(16-19)26(35)37-27(2,3)4)33-24-21-12-18(9-10-23(21)30-15-22(24)29)20-13-31-25(32-14-20)28(5,6)36/h9-10,12-15,17,19,36H,7-8,11,16H2,1-6H3,(H,30,33). The van der Waals surface area contributed by atoms with Crippen molar-refractivity contribution in [3.63, 3.8) is 0 Å². The second-order valence-corrected chi connectivity index (χ2v) is 11.7. The van der Waals surface area contributed by atoms with Crippen LogP contribution in [-0.4, -0.2) is 55.8 Å². The van der Waals surface area contributed by atoms with E-state index in [9.17, 15) is 9.90 Å². The monoisotopic (exact) mass is 525 g/mol. The Kier molecular flexibility index (Phi) is 7.62. The highest BCUT2D eigenvalue weighted by Crippen LogP contribution is 2.35. The van der Waals surface area contributed by atoms with Crippen molar-refractivity contribution in [3.8, 4) is 11.1 Å². The number of hydrogen-bond acceptors (Lipinski definition) is 7. The van der Waals surface area contributed by atoms with E-state index in [1.165, 1.54) is 0 Å². The van der Waals surface area contributed by atoms with Crippen molar-refractivity contribution in [1.82, 2.24) is 19.9 Å². The molecule has 0 radical (unpaired) electrons. The van der Waals surface area contributed by atoms with Crippen LogP contribution in [0.15, 0.2) is 36.8 Å². The summed E-state index contributed by atoms with van der Waals surface area (Å²) < 4.78 is 5.59. The molecule has 2 aromatic heterocycles. The number of carbonyl (C=O) groups excluding carboxylic acids is 1. The molecule has 2 unspecified atom stereocenters. The predicted octanol–water partition coefficient (Wildman–Crippen LogP) is 6.02. The van der Waals surface area contributed by atoms with Crippen LogP contribution in [0.4, 0.5) is 10.5 Å². The third-order valence-electron chi connectivity index (χ3n) is 6.54. The van der Waals surface area contributed by atoms with Crippen LogP contribution in [0.3, 0.4) is 0 Å². The maximum atomic E-state index is 12.6. The lowest BCUT2D eigenvalue weighted by Gasteiger charge is -2.37. The third-order valence-corrected chi connectivity index (χ3v) is 6.83. The highest BCUT2D eigenvalue weighted by atomic mass is 35.5. The Morgan fingerprint density at radius 3 is 2.49 bits per heavy atom. The molecule has 0 spiro atoms. The summed E-state index contributed by atoms with van der Waals surface area (Å²) in [5.74, 6) is 0.609. The van der Waals surface area contributed by atoms with E-state index in [1.54, 1.807) is 37.3 Å². The smallest absolute Gasteiger partial charge is 0.410 e. The van der Waals surface area contributed by atoms with Crippen molar-refractivity contribution in [1.29, 1.82) is 0 Å². The molecule has 198 valence electrons. The molecule has 0 saturated carbocycles. The van der Waals surface area contributed by atoms with Gasteiger partial charge in [0.15, 0.2) is 5.82 Å². The maximum Gasteiger partial charge on any atom is 0.410 e. The van der Waals surface area contributed by atoms with Gasteiger partial charge in [0.2, 0.25) is 0 Å². The van der Waals surface area contributed by atoms with Gasteiger partial charge >= 0.3 is 6.09 Å². The highest BCUT2D eigenvalue weighted by molar-refractivity contribution is 6.34. The van der Waals surface area contributed by atoms with E-state index >= 15 is 0 Å². The molecule has 0 bridgehead atoms. The molecule has 4 rings (SSSR count). The van der Waals surface area contributed by atoms with Crippen molar-refractivity contribution >= 4 is 34.3 Å². The molecular weight excluding hydrogens is 490 g/mol. The first-order valence-electron chi connectivity index (χ1n) is 12.7. The van der Waals surface area contributed by atoms with E-state index in [0.29, 0.717) is 23.9 Å². The number of aliphatic hydroxyl groups is 1. The fourth-order valence-corrected chi connectivity index (χ4v) is 4.75. The van der Waals surface area contributed by atoms with Crippen LogP contribution in [-0.2, 0) is 10.3 Å². The number of halogens is 1. The quantitative estimate of drug-likeness (QED) is 0.420. The van der Waals surface area contributed by atoms with Crippen molar-refractivity contribution in [3.05, 3.63) is 47.6 Å². The second kappa shape index (κ2) is 10.4. The third kappa shape index (κ3) is 6.48.